The second-order valence-corrected chi connectivity index (χ2v) is 8.60. The van der Waals surface area contributed by atoms with Gasteiger partial charge in [-0.1, -0.05) is 53.5 Å². The van der Waals surface area contributed by atoms with Crippen LogP contribution in [0.25, 0.3) is 0 Å². The van der Waals surface area contributed by atoms with Crippen LogP contribution >= 0.6 is 23.2 Å². The van der Waals surface area contributed by atoms with Crippen LogP contribution in [0.2, 0.25) is 10.0 Å². The maximum atomic E-state index is 12.8. The minimum atomic E-state index is -0.580. The average molecular weight is 403 g/mol. The summed E-state index contributed by atoms with van der Waals surface area (Å²) in [6, 6.07) is 14.8. The molecule has 4 nitrogen and oxygen atoms in total. The van der Waals surface area contributed by atoms with Gasteiger partial charge in [0, 0.05) is 34.6 Å². The lowest BCUT2D eigenvalue weighted by Crippen LogP contribution is -2.47. The highest BCUT2D eigenvalue weighted by molar-refractivity contribution is 6.31. The Kier molecular flexibility index (Phi) is 4.12. The molecule has 3 heterocycles. The summed E-state index contributed by atoms with van der Waals surface area (Å²) in [4.78, 5) is 15.2. The van der Waals surface area contributed by atoms with Crippen LogP contribution in [-0.2, 0) is 4.74 Å². The van der Waals surface area contributed by atoms with Crippen LogP contribution in [0, 0.1) is 11.8 Å². The third-order valence-electron chi connectivity index (χ3n) is 6.32. The van der Waals surface area contributed by atoms with Crippen molar-refractivity contribution in [1.29, 1.82) is 0 Å². The molecule has 4 fully saturated rings. The summed E-state index contributed by atoms with van der Waals surface area (Å²) in [5, 5.41) is 4.39. The lowest BCUT2D eigenvalue weighted by molar-refractivity contribution is 0.106. The van der Waals surface area contributed by atoms with E-state index >= 15 is 0 Å². The molecule has 27 heavy (non-hydrogen) atoms. The van der Waals surface area contributed by atoms with Gasteiger partial charge in [-0.3, -0.25) is 0 Å². The third kappa shape index (κ3) is 2.91. The lowest BCUT2D eigenvalue weighted by Gasteiger charge is -2.30. The molecule has 5 atom stereocenters. The van der Waals surface area contributed by atoms with E-state index in [1.165, 1.54) is 0 Å². The van der Waals surface area contributed by atoms with Crippen molar-refractivity contribution in [2.45, 2.75) is 18.1 Å². The number of nitrogens with one attached hydrogen (secondary N) is 1. The molecular weight excluding hydrogens is 383 g/mol. The van der Waals surface area contributed by atoms with Crippen LogP contribution in [0.1, 0.15) is 23.7 Å². The standard InChI is InChI=1S/C21H20Cl2N2O2/c22-14-7-5-13(6-8-14)19(15-3-1-2-4-18(15)23)27-20(26)24-21-12-25-10-9-16(21)17(21)11-25/h1-8,16-17,19H,9-12H2,(H,24,26). The van der Waals surface area contributed by atoms with Gasteiger partial charge in [-0.25, -0.2) is 4.79 Å². The van der Waals surface area contributed by atoms with Gasteiger partial charge in [-0.05, 0) is 42.6 Å². The molecule has 0 radical (unpaired) electrons. The van der Waals surface area contributed by atoms with E-state index in [0.29, 0.717) is 21.9 Å². The van der Waals surface area contributed by atoms with Gasteiger partial charge in [-0.2, -0.15) is 0 Å². The Morgan fingerprint density at radius 2 is 1.93 bits per heavy atom. The molecule has 2 aromatic rings. The number of piperidine rings is 3. The first-order chi connectivity index (χ1) is 13.1. The predicted octanol–water partition coefficient (Wildman–Crippen LogP) is 4.51. The van der Waals surface area contributed by atoms with Crippen molar-refractivity contribution in [3.63, 3.8) is 0 Å². The molecule has 0 spiro atoms. The van der Waals surface area contributed by atoms with E-state index in [9.17, 15) is 4.79 Å². The summed E-state index contributed by atoms with van der Waals surface area (Å²) in [7, 11) is 0. The van der Waals surface area contributed by atoms with Gasteiger partial charge in [0.2, 0.25) is 0 Å². The molecule has 2 aromatic carbocycles. The molecule has 6 heteroatoms. The first kappa shape index (κ1) is 17.4. The molecule has 1 saturated carbocycles. The highest BCUT2D eigenvalue weighted by atomic mass is 35.5. The Bertz CT molecular complexity index is 882. The molecular formula is C21H20Cl2N2O2. The van der Waals surface area contributed by atoms with Gasteiger partial charge in [0.25, 0.3) is 0 Å². The Hall–Kier alpha value is -1.75. The Morgan fingerprint density at radius 3 is 2.56 bits per heavy atom. The van der Waals surface area contributed by atoms with Gasteiger partial charge in [0.05, 0.1) is 5.54 Å². The fourth-order valence-corrected chi connectivity index (χ4v) is 5.34. The SMILES string of the molecule is O=C(NC12CN3CCC1C2C3)OC(c1ccc(Cl)cc1)c1ccccc1Cl. The Labute approximate surface area is 168 Å². The molecule has 4 bridgehead atoms. The molecule has 140 valence electrons. The first-order valence-corrected chi connectivity index (χ1v) is 10.0. The Morgan fingerprint density at radius 1 is 1.15 bits per heavy atom. The predicted molar refractivity (Wildman–Crippen MR) is 105 cm³/mol. The fraction of sp³-hybridized carbons (Fsp3) is 0.381. The number of nitrogens with zero attached hydrogens (tertiary/aromatic N) is 1. The van der Waals surface area contributed by atoms with Crippen molar-refractivity contribution in [3.05, 3.63) is 69.7 Å². The molecule has 3 saturated heterocycles. The number of carbonyl (C=O) groups excluding carboxylic acids is 1. The molecule has 4 aliphatic rings. The van der Waals surface area contributed by atoms with Crippen LogP contribution in [0.5, 0.6) is 0 Å². The summed E-state index contributed by atoms with van der Waals surface area (Å²) in [6.45, 7) is 3.18. The second-order valence-electron chi connectivity index (χ2n) is 7.76. The van der Waals surface area contributed by atoms with Crippen molar-refractivity contribution < 1.29 is 9.53 Å². The normalized spacial score (nSPS) is 31.3. The zero-order chi connectivity index (χ0) is 18.6. The number of hydrogen-bond donors (Lipinski definition) is 1. The number of ether oxygens (including phenoxy) is 1. The van der Waals surface area contributed by atoms with E-state index < -0.39 is 6.10 Å². The van der Waals surface area contributed by atoms with Crippen molar-refractivity contribution in [2.75, 3.05) is 19.6 Å². The highest BCUT2D eigenvalue weighted by Gasteiger charge is 2.71. The quantitative estimate of drug-likeness (QED) is 0.817. The van der Waals surface area contributed by atoms with Crippen LogP contribution < -0.4 is 5.32 Å². The molecule has 6 rings (SSSR count). The molecule has 1 aliphatic carbocycles. The van der Waals surface area contributed by atoms with Gasteiger partial charge in [-0.15, -0.1) is 0 Å². The van der Waals surface area contributed by atoms with Crippen molar-refractivity contribution >= 4 is 29.3 Å². The number of rotatable bonds is 4. The minimum Gasteiger partial charge on any atom is -0.436 e. The van der Waals surface area contributed by atoms with Gasteiger partial charge in [0.15, 0.2) is 6.10 Å². The van der Waals surface area contributed by atoms with Crippen LogP contribution in [0.3, 0.4) is 0 Å². The van der Waals surface area contributed by atoms with Gasteiger partial charge >= 0.3 is 6.09 Å². The summed E-state index contributed by atoms with van der Waals surface area (Å²) >= 11 is 12.4. The van der Waals surface area contributed by atoms with E-state index in [1.54, 1.807) is 18.2 Å². The number of hydrogen-bond acceptors (Lipinski definition) is 3. The number of carbonyl (C=O) groups is 1. The van der Waals surface area contributed by atoms with Crippen molar-refractivity contribution in [1.82, 2.24) is 10.2 Å². The zero-order valence-corrected chi connectivity index (χ0v) is 16.2. The van der Waals surface area contributed by atoms with E-state index in [0.717, 1.165) is 37.2 Å². The second kappa shape index (κ2) is 6.40. The van der Waals surface area contributed by atoms with Crippen molar-refractivity contribution in [2.24, 2.45) is 11.8 Å². The number of fused-ring (bicyclic) bond motifs is 1. The van der Waals surface area contributed by atoms with Gasteiger partial charge in [0.1, 0.15) is 0 Å². The smallest absolute Gasteiger partial charge is 0.408 e. The minimum absolute atomic E-state index is 0.0830. The van der Waals surface area contributed by atoms with Crippen LogP contribution in [0.4, 0.5) is 4.79 Å². The highest BCUT2D eigenvalue weighted by Crippen LogP contribution is 2.60. The number of amides is 1. The van der Waals surface area contributed by atoms with Gasteiger partial charge < -0.3 is 15.0 Å². The number of halogens is 2. The molecule has 3 aliphatic heterocycles. The molecule has 5 unspecified atom stereocenters. The molecule has 0 aromatic heterocycles. The monoisotopic (exact) mass is 402 g/mol. The summed E-state index contributed by atoms with van der Waals surface area (Å²) in [5.41, 5.74) is 1.52. The van der Waals surface area contributed by atoms with Crippen molar-refractivity contribution in [3.8, 4) is 0 Å². The third-order valence-corrected chi connectivity index (χ3v) is 6.91. The zero-order valence-electron chi connectivity index (χ0n) is 14.7. The number of alkyl carbamates (subject to hydrolysis) is 1. The summed E-state index contributed by atoms with van der Waals surface area (Å²) in [6.07, 6.45) is 0.199. The lowest BCUT2D eigenvalue weighted by atomic mass is 10.0. The van der Waals surface area contributed by atoms with E-state index in [1.807, 2.05) is 30.3 Å². The van der Waals surface area contributed by atoms with Crippen LogP contribution in [-0.4, -0.2) is 36.2 Å². The van der Waals surface area contributed by atoms with E-state index in [4.69, 9.17) is 27.9 Å². The molecule has 1 amide bonds. The fourth-order valence-electron chi connectivity index (χ4n) is 4.98. The number of benzene rings is 2. The maximum absolute atomic E-state index is 12.8. The molecule has 1 N–H and O–H groups in total. The largest absolute Gasteiger partial charge is 0.436 e. The summed E-state index contributed by atoms with van der Waals surface area (Å²) < 4.78 is 5.91. The first-order valence-electron chi connectivity index (χ1n) is 9.28. The maximum Gasteiger partial charge on any atom is 0.408 e. The average Bonchev–Trinajstić information content (AvgIpc) is 3.15. The Balaban J connectivity index is 1.39. The summed E-state index contributed by atoms with van der Waals surface area (Å²) in [5.74, 6) is 1.18. The van der Waals surface area contributed by atoms with Crippen LogP contribution in [0.15, 0.2) is 48.5 Å². The van der Waals surface area contributed by atoms with E-state index in [2.05, 4.69) is 10.2 Å². The topological polar surface area (TPSA) is 41.6 Å². The van der Waals surface area contributed by atoms with E-state index in [-0.39, 0.29) is 11.6 Å².